The third kappa shape index (κ3) is 32.6. The van der Waals surface area contributed by atoms with E-state index in [-0.39, 0.29) is 23.9 Å². The Kier molecular flexibility index (Phi) is 38.1. The van der Waals surface area contributed by atoms with Gasteiger partial charge in [-0.15, -0.1) is 0 Å². The summed E-state index contributed by atoms with van der Waals surface area (Å²) < 4.78 is 11.5. The zero-order valence-corrected chi connectivity index (χ0v) is 40.2. The maximum atomic E-state index is 13.2. The number of carbonyl (C=O) groups is 4. The van der Waals surface area contributed by atoms with Crippen molar-refractivity contribution in [2.45, 2.75) is 246 Å². The van der Waals surface area contributed by atoms with Gasteiger partial charge in [0, 0.05) is 31.5 Å². The van der Waals surface area contributed by atoms with Crippen LogP contribution in [0.2, 0.25) is 0 Å². The Labute approximate surface area is 375 Å². The Morgan fingerprint density at radius 1 is 0.525 bits per heavy atom. The first kappa shape index (κ1) is 56.3. The number of esters is 2. The molecule has 1 aromatic rings. The number of hydrogen-bond acceptors (Lipinski definition) is 7. The monoisotopic (exact) mass is 855 g/mol. The highest BCUT2D eigenvalue weighted by atomic mass is 16.5. The van der Waals surface area contributed by atoms with Gasteiger partial charge in [0.2, 0.25) is 6.41 Å². The SMILES string of the molecule is CCCCCCCCCOC(=O)CCCCCCCN(CCCCCCCC(=O)OC(CCCCCCCC)CCCCCCCC)CCN(C=O)C(=O)c1ccccc1C. The lowest BCUT2D eigenvalue weighted by Gasteiger charge is -2.25. The number of amides is 2. The highest BCUT2D eigenvalue weighted by molar-refractivity contribution is 6.00. The van der Waals surface area contributed by atoms with E-state index in [4.69, 9.17) is 9.47 Å². The van der Waals surface area contributed by atoms with E-state index < -0.39 is 0 Å². The van der Waals surface area contributed by atoms with Gasteiger partial charge in [-0.3, -0.25) is 24.1 Å². The highest BCUT2D eigenvalue weighted by Crippen LogP contribution is 2.19. The van der Waals surface area contributed by atoms with Gasteiger partial charge in [-0.05, 0) is 89.4 Å². The van der Waals surface area contributed by atoms with E-state index in [1.807, 2.05) is 25.1 Å². The predicted octanol–water partition coefficient (Wildman–Crippen LogP) is 14.3. The van der Waals surface area contributed by atoms with Crippen molar-refractivity contribution in [1.29, 1.82) is 0 Å². The highest BCUT2D eigenvalue weighted by Gasteiger charge is 2.18. The summed E-state index contributed by atoms with van der Waals surface area (Å²) in [5.74, 6) is -0.334. The first-order valence-electron chi connectivity index (χ1n) is 25.7. The van der Waals surface area contributed by atoms with Crippen LogP contribution in [0.5, 0.6) is 0 Å². The molecule has 0 aromatic heterocycles. The molecule has 61 heavy (non-hydrogen) atoms. The molecule has 0 atom stereocenters. The molecule has 1 aromatic carbocycles. The van der Waals surface area contributed by atoms with Gasteiger partial charge < -0.3 is 14.4 Å². The van der Waals surface area contributed by atoms with Crippen LogP contribution in [-0.2, 0) is 23.9 Å². The summed E-state index contributed by atoms with van der Waals surface area (Å²) in [5, 5.41) is 0. The number of ether oxygens (including phenoxy) is 2. The molecule has 0 bridgehead atoms. The van der Waals surface area contributed by atoms with Crippen LogP contribution < -0.4 is 0 Å². The summed E-state index contributed by atoms with van der Waals surface area (Å²) in [6.45, 7) is 12.0. The van der Waals surface area contributed by atoms with Crippen LogP contribution in [0.15, 0.2) is 24.3 Å². The molecular formula is C53H94N2O6. The van der Waals surface area contributed by atoms with Gasteiger partial charge in [0.25, 0.3) is 5.91 Å². The molecule has 2 amide bonds. The minimum atomic E-state index is -0.247. The lowest BCUT2D eigenvalue weighted by Crippen LogP contribution is -2.39. The molecule has 0 saturated carbocycles. The van der Waals surface area contributed by atoms with Gasteiger partial charge in [-0.1, -0.05) is 180 Å². The van der Waals surface area contributed by atoms with Crippen LogP contribution in [-0.4, -0.2) is 72.9 Å². The fraction of sp³-hybridized carbons (Fsp3) is 0.811. The van der Waals surface area contributed by atoms with Crippen molar-refractivity contribution >= 4 is 24.3 Å². The Balaban J connectivity index is 2.47. The smallest absolute Gasteiger partial charge is 0.306 e. The molecule has 0 saturated heterocycles. The topological polar surface area (TPSA) is 93.2 Å². The summed E-state index contributed by atoms with van der Waals surface area (Å²) in [7, 11) is 0. The summed E-state index contributed by atoms with van der Waals surface area (Å²) >= 11 is 0. The quantitative estimate of drug-likeness (QED) is 0.0367. The normalized spacial score (nSPS) is 11.4. The molecule has 0 aliphatic heterocycles. The molecule has 0 N–H and O–H groups in total. The lowest BCUT2D eigenvalue weighted by atomic mass is 10.0. The number of rotatable bonds is 44. The van der Waals surface area contributed by atoms with Gasteiger partial charge in [-0.2, -0.15) is 0 Å². The van der Waals surface area contributed by atoms with Crippen molar-refractivity contribution in [3.8, 4) is 0 Å². The van der Waals surface area contributed by atoms with E-state index in [1.165, 1.54) is 101 Å². The second-order valence-corrected chi connectivity index (χ2v) is 17.9. The first-order valence-corrected chi connectivity index (χ1v) is 25.7. The maximum absolute atomic E-state index is 13.2. The Morgan fingerprint density at radius 3 is 1.48 bits per heavy atom. The first-order chi connectivity index (χ1) is 29.9. The number of hydrogen-bond donors (Lipinski definition) is 0. The van der Waals surface area contributed by atoms with Crippen LogP contribution in [0, 0.1) is 6.92 Å². The summed E-state index contributed by atoms with van der Waals surface area (Å²) in [6.07, 6.45) is 37.6. The molecule has 0 spiro atoms. The van der Waals surface area contributed by atoms with E-state index in [0.717, 1.165) is 121 Å². The van der Waals surface area contributed by atoms with Gasteiger partial charge in [0.1, 0.15) is 6.10 Å². The molecule has 8 nitrogen and oxygen atoms in total. The van der Waals surface area contributed by atoms with Crippen molar-refractivity contribution in [1.82, 2.24) is 9.80 Å². The largest absolute Gasteiger partial charge is 0.466 e. The molecule has 1 rings (SSSR count). The van der Waals surface area contributed by atoms with Crippen LogP contribution in [0.1, 0.15) is 249 Å². The number of aryl methyl sites for hydroxylation is 1. The molecule has 0 unspecified atom stereocenters. The van der Waals surface area contributed by atoms with Crippen molar-refractivity contribution in [2.75, 3.05) is 32.8 Å². The van der Waals surface area contributed by atoms with Gasteiger partial charge in [0.15, 0.2) is 0 Å². The summed E-state index contributed by atoms with van der Waals surface area (Å²) in [4.78, 5) is 54.0. The number of unbranched alkanes of at least 4 members (excludes halogenated alkanes) is 24. The van der Waals surface area contributed by atoms with Crippen molar-refractivity contribution < 1.29 is 28.7 Å². The molecule has 0 fully saturated rings. The Bertz CT molecular complexity index is 1190. The average Bonchev–Trinajstić information content (AvgIpc) is 3.26. The standard InChI is InChI=1S/C53H94N2O6/c1-5-8-11-14-17-26-35-46-60-51(57)40-29-22-18-24-33-42-54(44-45-55(47-56)53(59)50-39-32-31-36-48(50)4)43-34-25-19-23-30-41-52(58)61-49(37-27-20-15-12-9-6-2)38-28-21-16-13-10-7-3/h31-32,36,39,47,49H,5-30,33-35,37-38,40-46H2,1-4H3. The van der Waals surface area contributed by atoms with E-state index in [9.17, 15) is 19.2 Å². The average molecular weight is 855 g/mol. The minimum Gasteiger partial charge on any atom is -0.466 e. The fourth-order valence-corrected chi connectivity index (χ4v) is 8.15. The number of nitrogens with zero attached hydrogens (tertiary/aromatic N) is 2. The fourth-order valence-electron chi connectivity index (χ4n) is 8.15. The molecule has 0 aliphatic rings. The van der Waals surface area contributed by atoms with E-state index >= 15 is 0 Å². The van der Waals surface area contributed by atoms with Gasteiger partial charge in [-0.25, -0.2) is 0 Å². The van der Waals surface area contributed by atoms with Crippen molar-refractivity contribution in [3.05, 3.63) is 35.4 Å². The third-order valence-electron chi connectivity index (χ3n) is 12.2. The molecular weight excluding hydrogens is 761 g/mol. The van der Waals surface area contributed by atoms with Crippen LogP contribution >= 0.6 is 0 Å². The van der Waals surface area contributed by atoms with Crippen molar-refractivity contribution in [3.63, 3.8) is 0 Å². The van der Waals surface area contributed by atoms with Gasteiger partial charge in [0.05, 0.1) is 6.61 Å². The molecule has 0 heterocycles. The summed E-state index contributed by atoms with van der Waals surface area (Å²) in [6, 6.07) is 7.42. The predicted molar refractivity (Wildman–Crippen MR) is 255 cm³/mol. The molecule has 8 heteroatoms. The van der Waals surface area contributed by atoms with Crippen LogP contribution in [0.3, 0.4) is 0 Å². The Hall–Kier alpha value is -2.74. The minimum absolute atomic E-state index is 0.0214. The van der Waals surface area contributed by atoms with Gasteiger partial charge >= 0.3 is 11.9 Å². The number of imide groups is 1. The third-order valence-corrected chi connectivity index (χ3v) is 12.2. The zero-order chi connectivity index (χ0) is 44.4. The molecule has 0 aliphatic carbocycles. The maximum Gasteiger partial charge on any atom is 0.306 e. The van der Waals surface area contributed by atoms with Crippen LogP contribution in [0.25, 0.3) is 0 Å². The second-order valence-electron chi connectivity index (χ2n) is 17.9. The summed E-state index contributed by atoms with van der Waals surface area (Å²) in [5.41, 5.74) is 1.44. The van der Waals surface area contributed by atoms with Crippen LogP contribution in [0.4, 0.5) is 0 Å². The van der Waals surface area contributed by atoms with E-state index in [1.54, 1.807) is 6.07 Å². The second kappa shape index (κ2) is 41.3. The van der Waals surface area contributed by atoms with E-state index in [2.05, 4.69) is 25.7 Å². The Morgan fingerprint density at radius 2 is 0.967 bits per heavy atom. The lowest BCUT2D eigenvalue weighted by molar-refractivity contribution is -0.150. The van der Waals surface area contributed by atoms with Crippen molar-refractivity contribution in [2.24, 2.45) is 0 Å². The number of benzene rings is 1. The number of carbonyl (C=O) groups excluding carboxylic acids is 4. The van der Waals surface area contributed by atoms with E-state index in [0.29, 0.717) is 44.5 Å². The zero-order valence-electron chi connectivity index (χ0n) is 40.2. The molecule has 352 valence electrons. The molecule has 0 radical (unpaired) electrons.